The van der Waals surface area contributed by atoms with E-state index in [9.17, 15) is 4.79 Å². The number of nitrogens with one attached hydrogen (secondary N) is 2. The maximum atomic E-state index is 12.2. The highest BCUT2D eigenvalue weighted by molar-refractivity contribution is 7.10. The Bertz CT molecular complexity index is 595. The molecule has 2 N–H and O–H groups in total. The van der Waals surface area contributed by atoms with Crippen LogP contribution in [0.3, 0.4) is 0 Å². The predicted molar refractivity (Wildman–Crippen MR) is 76.9 cm³/mol. The zero-order valence-corrected chi connectivity index (χ0v) is 11.3. The molecule has 0 radical (unpaired) electrons. The van der Waals surface area contributed by atoms with Crippen LogP contribution < -0.4 is 15.4 Å². The summed E-state index contributed by atoms with van der Waals surface area (Å²) in [6.07, 6.45) is 0. The van der Waals surface area contributed by atoms with Gasteiger partial charge in [0.1, 0.15) is 17.5 Å². The molecule has 98 valence electrons. The van der Waals surface area contributed by atoms with Crippen LogP contribution in [0, 0.1) is 0 Å². The van der Waals surface area contributed by atoms with Gasteiger partial charge in [-0.1, -0.05) is 12.1 Å². The number of fused-ring (bicyclic) bond motifs is 1. The van der Waals surface area contributed by atoms with Gasteiger partial charge in [-0.05, 0) is 30.5 Å². The average molecular weight is 274 g/mol. The number of rotatable bonds is 3. The highest BCUT2D eigenvalue weighted by atomic mass is 32.1. The van der Waals surface area contributed by atoms with Crippen LogP contribution in [0.25, 0.3) is 0 Å². The van der Waals surface area contributed by atoms with E-state index in [0.29, 0.717) is 12.4 Å². The summed E-state index contributed by atoms with van der Waals surface area (Å²) in [7, 11) is 0. The molecule has 0 fully saturated rings. The first kappa shape index (κ1) is 12.0. The maximum absolute atomic E-state index is 12.2. The summed E-state index contributed by atoms with van der Waals surface area (Å²) in [4.78, 5) is 13.2. The third-order valence-electron chi connectivity index (χ3n) is 2.96. The summed E-state index contributed by atoms with van der Waals surface area (Å²) in [6, 6.07) is 9.29. The zero-order chi connectivity index (χ0) is 13.2. The van der Waals surface area contributed by atoms with Crippen molar-refractivity contribution in [1.82, 2.24) is 0 Å². The van der Waals surface area contributed by atoms with Crippen molar-refractivity contribution >= 4 is 28.6 Å². The fourth-order valence-corrected chi connectivity index (χ4v) is 2.90. The number of anilines is 2. The molecular formula is C14H14N2O2S. The first-order chi connectivity index (χ1) is 9.29. The number of para-hydroxylation sites is 1. The first-order valence-corrected chi connectivity index (χ1v) is 7.04. The summed E-state index contributed by atoms with van der Waals surface area (Å²) in [6.45, 7) is 2.49. The van der Waals surface area contributed by atoms with Crippen molar-refractivity contribution < 1.29 is 9.53 Å². The van der Waals surface area contributed by atoms with Gasteiger partial charge >= 0.3 is 0 Å². The van der Waals surface area contributed by atoms with Gasteiger partial charge in [-0.25, -0.2) is 0 Å². The SMILES string of the molecule is CCOc1cccc2c1NC(=O)C(c1cccs1)N2. The van der Waals surface area contributed by atoms with E-state index in [1.807, 2.05) is 42.6 Å². The summed E-state index contributed by atoms with van der Waals surface area (Å²) < 4.78 is 5.53. The molecule has 0 spiro atoms. The average Bonchev–Trinajstić information content (AvgIpc) is 2.93. The van der Waals surface area contributed by atoms with Gasteiger partial charge in [0, 0.05) is 4.88 Å². The fourth-order valence-electron chi connectivity index (χ4n) is 2.13. The Kier molecular flexibility index (Phi) is 3.13. The fraction of sp³-hybridized carbons (Fsp3) is 0.214. The number of hydrogen-bond donors (Lipinski definition) is 2. The second-order valence-electron chi connectivity index (χ2n) is 4.19. The predicted octanol–water partition coefficient (Wildman–Crippen LogP) is 3.25. The van der Waals surface area contributed by atoms with Gasteiger partial charge in [0.25, 0.3) is 5.91 Å². The van der Waals surface area contributed by atoms with Gasteiger partial charge < -0.3 is 15.4 Å². The molecule has 1 unspecified atom stereocenters. The van der Waals surface area contributed by atoms with Gasteiger partial charge in [-0.3, -0.25) is 4.79 Å². The Labute approximate surface area is 115 Å². The molecular weight excluding hydrogens is 260 g/mol. The molecule has 5 heteroatoms. The van der Waals surface area contributed by atoms with Crippen molar-refractivity contribution in [1.29, 1.82) is 0 Å². The standard InChI is InChI=1S/C14H14N2O2S/c1-2-18-10-6-3-5-9-12(10)16-14(17)13(15-9)11-7-4-8-19-11/h3-8,13,15H,2H2,1H3,(H,16,17). The van der Waals surface area contributed by atoms with Crippen molar-refractivity contribution in [3.8, 4) is 5.75 Å². The number of thiophene rings is 1. The number of benzene rings is 1. The summed E-state index contributed by atoms with van der Waals surface area (Å²) >= 11 is 1.57. The molecule has 0 saturated heterocycles. The topological polar surface area (TPSA) is 50.4 Å². The summed E-state index contributed by atoms with van der Waals surface area (Å²) in [5.41, 5.74) is 1.62. The maximum Gasteiger partial charge on any atom is 0.252 e. The molecule has 1 aliphatic rings. The number of ether oxygens (including phenoxy) is 1. The Balaban J connectivity index is 1.96. The minimum Gasteiger partial charge on any atom is -0.492 e. The van der Waals surface area contributed by atoms with E-state index < -0.39 is 0 Å². The number of amides is 1. The molecule has 1 atom stereocenters. The van der Waals surface area contributed by atoms with Crippen LogP contribution in [0.15, 0.2) is 35.7 Å². The largest absolute Gasteiger partial charge is 0.492 e. The lowest BCUT2D eigenvalue weighted by Gasteiger charge is -2.27. The van der Waals surface area contributed by atoms with Crippen LogP contribution in [0.1, 0.15) is 17.8 Å². The quantitative estimate of drug-likeness (QED) is 0.903. The Hall–Kier alpha value is -2.01. The van der Waals surface area contributed by atoms with Gasteiger partial charge in [-0.2, -0.15) is 0 Å². The molecule has 1 aliphatic heterocycles. The molecule has 0 saturated carbocycles. The van der Waals surface area contributed by atoms with Crippen LogP contribution in [0.4, 0.5) is 11.4 Å². The Morgan fingerprint density at radius 1 is 1.32 bits per heavy atom. The van der Waals surface area contributed by atoms with Crippen LogP contribution in [-0.2, 0) is 4.79 Å². The van der Waals surface area contributed by atoms with E-state index in [1.54, 1.807) is 11.3 Å². The second-order valence-corrected chi connectivity index (χ2v) is 5.17. The Morgan fingerprint density at radius 2 is 2.21 bits per heavy atom. The molecule has 1 amide bonds. The number of hydrogen-bond acceptors (Lipinski definition) is 4. The minimum absolute atomic E-state index is 0.0536. The van der Waals surface area contributed by atoms with Gasteiger partial charge in [0.15, 0.2) is 0 Å². The zero-order valence-electron chi connectivity index (χ0n) is 10.5. The smallest absolute Gasteiger partial charge is 0.252 e. The van der Waals surface area contributed by atoms with E-state index in [2.05, 4.69) is 10.6 Å². The molecule has 4 nitrogen and oxygen atoms in total. The second kappa shape index (κ2) is 4.93. The lowest BCUT2D eigenvalue weighted by atomic mass is 10.1. The monoisotopic (exact) mass is 274 g/mol. The van der Waals surface area contributed by atoms with Gasteiger partial charge in [0.05, 0.1) is 12.3 Å². The lowest BCUT2D eigenvalue weighted by molar-refractivity contribution is -0.117. The van der Waals surface area contributed by atoms with Crippen molar-refractivity contribution in [2.24, 2.45) is 0 Å². The van der Waals surface area contributed by atoms with Crippen LogP contribution in [0.2, 0.25) is 0 Å². The number of carbonyl (C=O) groups is 1. The van der Waals surface area contributed by atoms with Crippen LogP contribution in [-0.4, -0.2) is 12.5 Å². The van der Waals surface area contributed by atoms with Crippen molar-refractivity contribution in [2.75, 3.05) is 17.2 Å². The van der Waals surface area contributed by atoms with Gasteiger partial charge in [-0.15, -0.1) is 11.3 Å². The highest BCUT2D eigenvalue weighted by Gasteiger charge is 2.29. The molecule has 19 heavy (non-hydrogen) atoms. The Morgan fingerprint density at radius 3 is 2.95 bits per heavy atom. The van der Waals surface area contributed by atoms with Crippen LogP contribution >= 0.6 is 11.3 Å². The molecule has 1 aromatic carbocycles. The third-order valence-corrected chi connectivity index (χ3v) is 3.90. The normalized spacial score (nSPS) is 17.3. The van der Waals surface area contributed by atoms with Crippen LogP contribution in [0.5, 0.6) is 5.75 Å². The lowest BCUT2D eigenvalue weighted by Crippen LogP contribution is -2.31. The van der Waals surface area contributed by atoms with Crippen molar-refractivity contribution in [3.63, 3.8) is 0 Å². The molecule has 3 rings (SSSR count). The highest BCUT2D eigenvalue weighted by Crippen LogP contribution is 2.39. The van der Waals surface area contributed by atoms with Crippen molar-refractivity contribution in [3.05, 3.63) is 40.6 Å². The van der Waals surface area contributed by atoms with Gasteiger partial charge in [0.2, 0.25) is 0 Å². The molecule has 0 aliphatic carbocycles. The van der Waals surface area contributed by atoms with Crippen molar-refractivity contribution in [2.45, 2.75) is 13.0 Å². The first-order valence-electron chi connectivity index (χ1n) is 6.16. The summed E-state index contributed by atoms with van der Waals surface area (Å²) in [5.74, 6) is 0.646. The number of carbonyl (C=O) groups excluding carboxylic acids is 1. The van der Waals surface area contributed by atoms with E-state index in [1.165, 1.54) is 0 Å². The van der Waals surface area contributed by atoms with E-state index in [4.69, 9.17) is 4.74 Å². The van der Waals surface area contributed by atoms with E-state index in [0.717, 1.165) is 16.3 Å². The summed E-state index contributed by atoms with van der Waals surface area (Å²) in [5, 5.41) is 8.17. The molecule has 0 bridgehead atoms. The molecule has 2 heterocycles. The van der Waals surface area contributed by atoms with E-state index in [-0.39, 0.29) is 11.9 Å². The third kappa shape index (κ3) is 2.17. The molecule has 1 aromatic heterocycles. The van der Waals surface area contributed by atoms with E-state index >= 15 is 0 Å². The molecule has 2 aromatic rings. The minimum atomic E-state index is -0.329.